The molecule has 0 fully saturated rings. The van der Waals surface area contributed by atoms with Gasteiger partial charge in [-0.25, -0.2) is 0 Å². The van der Waals surface area contributed by atoms with Crippen molar-refractivity contribution in [3.05, 3.63) is 66.0 Å². The van der Waals surface area contributed by atoms with Crippen LogP contribution in [0, 0.1) is 0 Å². The number of rotatable bonds is 7. The predicted molar refractivity (Wildman–Crippen MR) is 95.7 cm³/mol. The van der Waals surface area contributed by atoms with Crippen LogP contribution in [0.15, 0.2) is 54.7 Å². The quantitative estimate of drug-likeness (QED) is 0.755. The third-order valence-corrected chi connectivity index (χ3v) is 3.46. The topological polar surface area (TPSA) is 80.3 Å². The SMILES string of the molecule is COc1ccc(/C=C/C(=O)N[C@@H](C)C(=O)NCc2ccccn2)cc1. The zero-order valence-corrected chi connectivity index (χ0v) is 14.2. The van der Waals surface area contributed by atoms with Crippen LogP contribution in [-0.2, 0) is 16.1 Å². The molecule has 2 aromatic rings. The molecule has 6 nitrogen and oxygen atoms in total. The number of nitrogens with one attached hydrogen (secondary N) is 2. The molecule has 0 radical (unpaired) electrons. The molecule has 0 bridgehead atoms. The van der Waals surface area contributed by atoms with Crippen molar-refractivity contribution in [1.29, 1.82) is 0 Å². The summed E-state index contributed by atoms with van der Waals surface area (Å²) in [5.74, 6) is 0.146. The summed E-state index contributed by atoms with van der Waals surface area (Å²) >= 11 is 0. The van der Waals surface area contributed by atoms with Gasteiger partial charge in [-0.3, -0.25) is 14.6 Å². The number of benzene rings is 1. The number of nitrogens with zero attached hydrogens (tertiary/aromatic N) is 1. The van der Waals surface area contributed by atoms with Crippen LogP contribution in [0.25, 0.3) is 6.08 Å². The van der Waals surface area contributed by atoms with E-state index < -0.39 is 6.04 Å². The van der Waals surface area contributed by atoms with Crippen LogP contribution in [0.1, 0.15) is 18.2 Å². The number of aromatic nitrogens is 1. The molecule has 0 aliphatic heterocycles. The van der Waals surface area contributed by atoms with Crippen molar-refractivity contribution < 1.29 is 14.3 Å². The summed E-state index contributed by atoms with van der Waals surface area (Å²) in [7, 11) is 1.60. The lowest BCUT2D eigenvalue weighted by Crippen LogP contribution is -2.44. The molecule has 1 heterocycles. The highest BCUT2D eigenvalue weighted by atomic mass is 16.5. The van der Waals surface area contributed by atoms with Crippen LogP contribution >= 0.6 is 0 Å². The van der Waals surface area contributed by atoms with Crippen molar-refractivity contribution >= 4 is 17.9 Å². The summed E-state index contributed by atoms with van der Waals surface area (Å²) in [6.07, 6.45) is 4.73. The average molecular weight is 339 g/mol. The van der Waals surface area contributed by atoms with Gasteiger partial charge in [0.1, 0.15) is 11.8 Å². The summed E-state index contributed by atoms with van der Waals surface area (Å²) in [5, 5.41) is 5.36. The van der Waals surface area contributed by atoms with Crippen LogP contribution in [-0.4, -0.2) is 29.9 Å². The molecule has 0 saturated carbocycles. The number of ether oxygens (including phenoxy) is 1. The van der Waals surface area contributed by atoms with E-state index in [-0.39, 0.29) is 11.8 Å². The van der Waals surface area contributed by atoms with Crippen LogP contribution in [0.4, 0.5) is 0 Å². The highest BCUT2D eigenvalue weighted by molar-refractivity contribution is 5.95. The van der Waals surface area contributed by atoms with E-state index in [2.05, 4.69) is 15.6 Å². The minimum absolute atomic E-state index is 0.267. The van der Waals surface area contributed by atoms with Gasteiger partial charge < -0.3 is 15.4 Å². The Morgan fingerprint density at radius 2 is 1.96 bits per heavy atom. The van der Waals surface area contributed by atoms with Crippen molar-refractivity contribution in [2.24, 2.45) is 0 Å². The number of amides is 2. The van der Waals surface area contributed by atoms with Crippen molar-refractivity contribution in [3.8, 4) is 5.75 Å². The third kappa shape index (κ3) is 6.10. The molecule has 0 aliphatic rings. The van der Waals surface area contributed by atoms with E-state index in [1.807, 2.05) is 42.5 Å². The van der Waals surface area contributed by atoms with E-state index in [1.54, 1.807) is 26.3 Å². The molecule has 0 saturated heterocycles. The van der Waals surface area contributed by atoms with E-state index in [1.165, 1.54) is 6.08 Å². The molecule has 130 valence electrons. The number of hydrogen-bond donors (Lipinski definition) is 2. The van der Waals surface area contributed by atoms with E-state index >= 15 is 0 Å². The Morgan fingerprint density at radius 1 is 1.20 bits per heavy atom. The van der Waals surface area contributed by atoms with E-state index in [0.29, 0.717) is 6.54 Å². The van der Waals surface area contributed by atoms with Gasteiger partial charge in [0, 0.05) is 12.3 Å². The largest absolute Gasteiger partial charge is 0.497 e. The lowest BCUT2D eigenvalue weighted by molar-refractivity contribution is -0.126. The van der Waals surface area contributed by atoms with Crippen molar-refractivity contribution in [2.75, 3.05) is 7.11 Å². The first-order valence-electron chi connectivity index (χ1n) is 7.88. The standard InChI is InChI=1S/C19H21N3O3/c1-14(19(24)21-13-16-5-3-4-12-20-16)22-18(23)11-8-15-6-9-17(25-2)10-7-15/h3-12,14H,13H2,1-2H3,(H,21,24)(H,22,23)/b11-8+/t14-/m0/s1. The lowest BCUT2D eigenvalue weighted by Gasteiger charge is -2.12. The number of carbonyl (C=O) groups excluding carboxylic acids is 2. The molecule has 6 heteroatoms. The third-order valence-electron chi connectivity index (χ3n) is 3.46. The summed E-state index contributed by atoms with van der Waals surface area (Å²) in [6.45, 7) is 1.95. The highest BCUT2D eigenvalue weighted by Gasteiger charge is 2.13. The molecule has 2 N–H and O–H groups in total. The summed E-state index contributed by atoms with van der Waals surface area (Å²) in [6, 6.07) is 12.1. The minimum Gasteiger partial charge on any atom is -0.497 e. The first-order valence-corrected chi connectivity index (χ1v) is 7.88. The summed E-state index contributed by atoms with van der Waals surface area (Å²) in [4.78, 5) is 28.0. The Balaban J connectivity index is 1.80. The van der Waals surface area contributed by atoms with Gasteiger partial charge in [0.2, 0.25) is 11.8 Å². The van der Waals surface area contributed by atoms with E-state index in [4.69, 9.17) is 4.74 Å². The Bertz CT molecular complexity index is 727. The second kappa shape index (κ2) is 9.22. The molecular weight excluding hydrogens is 318 g/mol. The predicted octanol–water partition coefficient (Wildman–Crippen LogP) is 1.92. The maximum absolute atomic E-state index is 12.0. The Hall–Kier alpha value is -3.15. The van der Waals surface area contributed by atoms with Gasteiger partial charge in [-0.15, -0.1) is 0 Å². The first-order chi connectivity index (χ1) is 12.1. The molecule has 0 aliphatic carbocycles. The van der Waals surface area contributed by atoms with Gasteiger partial charge in [0.15, 0.2) is 0 Å². The maximum atomic E-state index is 12.0. The van der Waals surface area contributed by atoms with Crippen molar-refractivity contribution in [3.63, 3.8) is 0 Å². The Morgan fingerprint density at radius 3 is 2.60 bits per heavy atom. The highest BCUT2D eigenvalue weighted by Crippen LogP contribution is 2.12. The average Bonchev–Trinajstić information content (AvgIpc) is 2.65. The van der Waals surface area contributed by atoms with Crippen LogP contribution < -0.4 is 15.4 Å². The molecule has 25 heavy (non-hydrogen) atoms. The van der Waals surface area contributed by atoms with E-state index in [9.17, 15) is 9.59 Å². The molecule has 0 unspecified atom stereocenters. The summed E-state index contributed by atoms with van der Waals surface area (Å²) < 4.78 is 5.08. The molecule has 2 rings (SSSR count). The Kier molecular flexibility index (Phi) is 6.71. The fourth-order valence-electron chi connectivity index (χ4n) is 2.05. The number of pyridine rings is 1. The normalized spacial score (nSPS) is 11.8. The minimum atomic E-state index is -0.642. The second-order valence-corrected chi connectivity index (χ2v) is 5.38. The van der Waals surface area contributed by atoms with Crippen molar-refractivity contribution in [1.82, 2.24) is 15.6 Å². The maximum Gasteiger partial charge on any atom is 0.244 e. The van der Waals surface area contributed by atoms with Gasteiger partial charge in [-0.1, -0.05) is 18.2 Å². The summed E-state index contributed by atoms with van der Waals surface area (Å²) in [5.41, 5.74) is 1.62. The number of hydrogen-bond acceptors (Lipinski definition) is 4. The van der Waals surface area contributed by atoms with Gasteiger partial charge in [-0.2, -0.15) is 0 Å². The fraction of sp³-hybridized carbons (Fsp3) is 0.211. The monoisotopic (exact) mass is 339 g/mol. The van der Waals surface area contributed by atoms with Crippen LogP contribution in [0.3, 0.4) is 0 Å². The Labute approximate surface area is 146 Å². The van der Waals surface area contributed by atoms with Gasteiger partial charge in [0.05, 0.1) is 19.3 Å². The van der Waals surface area contributed by atoms with Gasteiger partial charge >= 0.3 is 0 Å². The molecule has 1 aromatic carbocycles. The van der Waals surface area contributed by atoms with Crippen LogP contribution in [0.5, 0.6) is 5.75 Å². The van der Waals surface area contributed by atoms with Crippen molar-refractivity contribution in [2.45, 2.75) is 19.5 Å². The first kappa shape index (κ1) is 18.2. The molecule has 1 atom stereocenters. The van der Waals surface area contributed by atoms with Gasteiger partial charge in [0.25, 0.3) is 0 Å². The van der Waals surface area contributed by atoms with E-state index in [0.717, 1.165) is 17.0 Å². The lowest BCUT2D eigenvalue weighted by atomic mass is 10.2. The molecular formula is C19H21N3O3. The fourth-order valence-corrected chi connectivity index (χ4v) is 2.05. The second-order valence-electron chi connectivity index (χ2n) is 5.38. The molecule has 2 amide bonds. The molecule has 0 spiro atoms. The number of methoxy groups -OCH3 is 1. The van der Waals surface area contributed by atoms with Crippen LogP contribution in [0.2, 0.25) is 0 Å². The van der Waals surface area contributed by atoms with Gasteiger partial charge in [-0.05, 0) is 42.8 Å². The zero-order valence-electron chi connectivity index (χ0n) is 14.2. The number of carbonyl (C=O) groups is 2. The zero-order chi connectivity index (χ0) is 18.1. The smallest absolute Gasteiger partial charge is 0.244 e. The molecule has 1 aromatic heterocycles.